The molecule has 3 aromatic carbocycles. The molecule has 3 aromatic rings. The third-order valence-electron chi connectivity index (χ3n) is 6.17. The molecule has 1 atom stereocenters. The zero-order valence-electron chi connectivity index (χ0n) is 23.5. The van der Waals surface area contributed by atoms with Crippen LogP contribution in [0.2, 0.25) is 10.0 Å². The molecule has 0 heterocycles. The van der Waals surface area contributed by atoms with E-state index in [0.29, 0.717) is 0 Å². The van der Waals surface area contributed by atoms with E-state index < -0.39 is 34.1 Å². The van der Waals surface area contributed by atoms with Crippen molar-refractivity contribution in [3.63, 3.8) is 0 Å². The maximum Gasteiger partial charge on any atom is 0.264 e. The maximum absolute atomic E-state index is 14.0. The lowest BCUT2D eigenvalue weighted by molar-refractivity contribution is -0.140. The highest BCUT2D eigenvalue weighted by atomic mass is 35.5. The number of halogens is 2. The Morgan fingerprint density at radius 1 is 0.925 bits per heavy atom. The van der Waals surface area contributed by atoms with Gasteiger partial charge < -0.3 is 10.2 Å². The van der Waals surface area contributed by atoms with Gasteiger partial charge in [-0.05, 0) is 77.4 Å². The first kappa shape index (κ1) is 31.5. The van der Waals surface area contributed by atoms with E-state index in [2.05, 4.69) is 5.32 Å². The van der Waals surface area contributed by atoms with Crippen molar-refractivity contribution in [2.75, 3.05) is 10.8 Å². The number of carbonyl (C=O) groups excluding carboxylic acids is 2. The standard InChI is InChI=1S/C30H35Cl2N3O4S/c1-20-10-13-25(14-11-20)40(38,39)35(27-17-24(31)12-15-26(27)32)19-28(36)34(18-23-9-7-8-21(2)16-23)22(3)29(37)33-30(4,5)6/h7-17,22H,18-19H2,1-6H3,(H,33,37). The summed E-state index contributed by atoms with van der Waals surface area (Å²) in [4.78, 5) is 28.6. The number of nitrogens with one attached hydrogen (secondary N) is 1. The number of anilines is 1. The second-order valence-electron chi connectivity index (χ2n) is 10.8. The molecular weight excluding hydrogens is 569 g/mol. The molecule has 0 radical (unpaired) electrons. The lowest BCUT2D eigenvalue weighted by Gasteiger charge is -2.33. The van der Waals surface area contributed by atoms with Gasteiger partial charge in [-0.25, -0.2) is 8.42 Å². The molecule has 7 nitrogen and oxygen atoms in total. The van der Waals surface area contributed by atoms with Gasteiger partial charge in [-0.15, -0.1) is 0 Å². The van der Waals surface area contributed by atoms with E-state index in [0.717, 1.165) is 21.0 Å². The van der Waals surface area contributed by atoms with Crippen molar-refractivity contribution in [3.8, 4) is 0 Å². The van der Waals surface area contributed by atoms with E-state index in [1.54, 1.807) is 19.1 Å². The van der Waals surface area contributed by atoms with Crippen LogP contribution in [-0.2, 0) is 26.2 Å². The summed E-state index contributed by atoms with van der Waals surface area (Å²) < 4.78 is 28.8. The normalized spacial score (nSPS) is 12.5. The number of sulfonamides is 1. The van der Waals surface area contributed by atoms with Gasteiger partial charge in [0.25, 0.3) is 10.0 Å². The van der Waals surface area contributed by atoms with Gasteiger partial charge in [0.05, 0.1) is 15.6 Å². The number of nitrogens with zero attached hydrogens (tertiary/aromatic N) is 2. The van der Waals surface area contributed by atoms with Crippen molar-refractivity contribution >= 4 is 50.7 Å². The van der Waals surface area contributed by atoms with Crippen LogP contribution in [-0.4, -0.2) is 43.3 Å². The van der Waals surface area contributed by atoms with Crippen LogP contribution in [0.15, 0.2) is 71.6 Å². The van der Waals surface area contributed by atoms with Crippen molar-refractivity contribution in [3.05, 3.63) is 93.5 Å². The summed E-state index contributed by atoms with van der Waals surface area (Å²) in [6.07, 6.45) is 0. The number of hydrogen-bond acceptors (Lipinski definition) is 4. The van der Waals surface area contributed by atoms with Gasteiger partial charge in [0.2, 0.25) is 11.8 Å². The zero-order valence-corrected chi connectivity index (χ0v) is 25.9. The minimum Gasteiger partial charge on any atom is -0.350 e. The van der Waals surface area contributed by atoms with E-state index >= 15 is 0 Å². The van der Waals surface area contributed by atoms with Crippen LogP contribution in [0, 0.1) is 13.8 Å². The molecule has 0 aliphatic rings. The molecule has 0 fully saturated rings. The molecule has 214 valence electrons. The number of aryl methyl sites for hydroxylation is 2. The Hall–Kier alpha value is -3.07. The van der Waals surface area contributed by atoms with Crippen LogP contribution in [0.5, 0.6) is 0 Å². The van der Waals surface area contributed by atoms with Gasteiger partial charge in [0.1, 0.15) is 12.6 Å². The predicted octanol–water partition coefficient (Wildman–Crippen LogP) is 6.14. The van der Waals surface area contributed by atoms with Crippen molar-refractivity contribution in [2.45, 2.75) is 64.6 Å². The smallest absolute Gasteiger partial charge is 0.264 e. The van der Waals surface area contributed by atoms with E-state index in [4.69, 9.17) is 23.2 Å². The van der Waals surface area contributed by atoms with Crippen LogP contribution < -0.4 is 9.62 Å². The summed E-state index contributed by atoms with van der Waals surface area (Å²) in [5.41, 5.74) is 2.21. The number of amides is 2. The average Bonchev–Trinajstić information content (AvgIpc) is 2.86. The molecule has 0 bridgehead atoms. The second-order valence-corrected chi connectivity index (χ2v) is 13.6. The first-order valence-electron chi connectivity index (χ1n) is 12.8. The molecule has 10 heteroatoms. The van der Waals surface area contributed by atoms with Crippen molar-refractivity contribution in [1.29, 1.82) is 0 Å². The SMILES string of the molecule is Cc1ccc(S(=O)(=O)N(CC(=O)N(Cc2cccc(C)c2)C(C)C(=O)NC(C)(C)C)c2cc(Cl)ccc2Cl)cc1. The second kappa shape index (κ2) is 12.6. The summed E-state index contributed by atoms with van der Waals surface area (Å²) in [5, 5.41) is 3.27. The third-order valence-corrected chi connectivity index (χ3v) is 8.49. The van der Waals surface area contributed by atoms with E-state index in [9.17, 15) is 18.0 Å². The lowest BCUT2D eigenvalue weighted by atomic mass is 10.1. The lowest BCUT2D eigenvalue weighted by Crippen LogP contribution is -2.54. The molecule has 0 aromatic heterocycles. The molecule has 2 amide bonds. The van der Waals surface area contributed by atoms with Gasteiger partial charge >= 0.3 is 0 Å². The fraction of sp³-hybridized carbons (Fsp3) is 0.333. The molecular formula is C30H35Cl2N3O4S. The highest BCUT2D eigenvalue weighted by Crippen LogP contribution is 2.33. The Labute approximate surface area is 247 Å². The number of hydrogen-bond donors (Lipinski definition) is 1. The summed E-state index contributed by atoms with van der Waals surface area (Å²) in [6, 6.07) is 17.4. The van der Waals surface area contributed by atoms with Crippen LogP contribution in [0.3, 0.4) is 0 Å². The maximum atomic E-state index is 14.0. The minimum absolute atomic E-state index is 0.00861. The molecule has 0 aliphatic carbocycles. The monoisotopic (exact) mass is 603 g/mol. The Morgan fingerprint density at radius 3 is 2.17 bits per heavy atom. The van der Waals surface area contributed by atoms with Crippen molar-refractivity contribution in [2.24, 2.45) is 0 Å². The molecule has 0 spiro atoms. The molecule has 1 unspecified atom stereocenters. The highest BCUT2D eigenvalue weighted by molar-refractivity contribution is 7.92. The zero-order chi connectivity index (χ0) is 29.8. The van der Waals surface area contributed by atoms with E-state index in [1.807, 2.05) is 58.9 Å². The molecule has 40 heavy (non-hydrogen) atoms. The number of benzene rings is 3. The van der Waals surface area contributed by atoms with Gasteiger partial charge in [0.15, 0.2) is 0 Å². The van der Waals surface area contributed by atoms with E-state index in [-0.39, 0.29) is 33.1 Å². The van der Waals surface area contributed by atoms with Gasteiger partial charge in [-0.2, -0.15) is 0 Å². The quantitative estimate of drug-likeness (QED) is 0.318. The van der Waals surface area contributed by atoms with Crippen LogP contribution >= 0.6 is 23.2 Å². The van der Waals surface area contributed by atoms with Crippen molar-refractivity contribution < 1.29 is 18.0 Å². The molecule has 0 saturated heterocycles. The van der Waals surface area contributed by atoms with Crippen LogP contribution in [0.25, 0.3) is 0 Å². The van der Waals surface area contributed by atoms with Crippen LogP contribution in [0.1, 0.15) is 44.4 Å². The highest BCUT2D eigenvalue weighted by Gasteiger charge is 2.34. The van der Waals surface area contributed by atoms with Crippen LogP contribution in [0.4, 0.5) is 5.69 Å². The number of rotatable bonds is 9. The Balaban J connectivity index is 2.08. The van der Waals surface area contributed by atoms with Gasteiger partial charge in [0, 0.05) is 17.1 Å². The molecule has 0 aliphatic heterocycles. The van der Waals surface area contributed by atoms with E-state index in [1.165, 1.54) is 35.2 Å². The minimum atomic E-state index is -4.25. The Morgan fingerprint density at radius 2 is 1.57 bits per heavy atom. The fourth-order valence-electron chi connectivity index (χ4n) is 4.09. The third kappa shape index (κ3) is 7.99. The fourth-order valence-corrected chi connectivity index (χ4v) is 5.95. The van der Waals surface area contributed by atoms with Crippen molar-refractivity contribution in [1.82, 2.24) is 10.2 Å². The summed E-state index contributed by atoms with van der Waals surface area (Å²) >= 11 is 12.7. The predicted molar refractivity (Wildman–Crippen MR) is 161 cm³/mol. The van der Waals surface area contributed by atoms with Gasteiger partial charge in [-0.3, -0.25) is 13.9 Å². The molecule has 3 rings (SSSR count). The summed E-state index contributed by atoms with van der Waals surface area (Å²) in [6.45, 7) is 10.4. The molecule has 1 N–H and O–H groups in total. The number of carbonyl (C=O) groups is 2. The first-order chi connectivity index (χ1) is 18.6. The topological polar surface area (TPSA) is 86.8 Å². The largest absolute Gasteiger partial charge is 0.350 e. The van der Waals surface area contributed by atoms with Gasteiger partial charge in [-0.1, -0.05) is 70.7 Å². The summed E-state index contributed by atoms with van der Waals surface area (Å²) in [5.74, 6) is -0.938. The Bertz CT molecular complexity index is 1490. The Kier molecular flexibility index (Phi) is 9.93. The average molecular weight is 605 g/mol. The summed E-state index contributed by atoms with van der Waals surface area (Å²) in [7, 11) is -4.25. The molecule has 0 saturated carbocycles. The first-order valence-corrected chi connectivity index (χ1v) is 15.0.